The van der Waals surface area contributed by atoms with E-state index in [0.717, 1.165) is 48.6 Å². The number of carbonyl (C=O) groups excluding carboxylic acids is 2. The number of benzene rings is 1. The molecule has 1 spiro atoms. The van der Waals surface area contributed by atoms with Crippen LogP contribution in [-0.2, 0) is 9.53 Å². The van der Waals surface area contributed by atoms with Crippen LogP contribution in [0.25, 0.3) is 0 Å². The van der Waals surface area contributed by atoms with E-state index in [1.165, 1.54) is 24.8 Å². The van der Waals surface area contributed by atoms with E-state index in [-0.39, 0.29) is 44.4 Å². The number of amides is 1. The van der Waals surface area contributed by atoms with Crippen molar-refractivity contribution in [3.63, 3.8) is 0 Å². The number of anilines is 4. The van der Waals surface area contributed by atoms with Crippen LogP contribution in [0, 0.1) is 11.3 Å². The van der Waals surface area contributed by atoms with Crippen LogP contribution >= 0.6 is 11.9 Å². The maximum Gasteiger partial charge on any atom is 0.323 e. The topological polar surface area (TPSA) is 116 Å². The molecule has 258 valence electrons. The second kappa shape index (κ2) is 14.9. The molecule has 1 aliphatic carbocycles. The van der Waals surface area contributed by atoms with Gasteiger partial charge in [-0.05, 0) is 79.3 Å². The van der Waals surface area contributed by atoms with Crippen molar-refractivity contribution in [3.8, 4) is 0 Å². The number of piperidine rings is 2. The van der Waals surface area contributed by atoms with Crippen molar-refractivity contribution < 1.29 is 23.1 Å². The first kappa shape index (κ1) is 35.2. The fraction of sp³-hybridized carbons (Fsp3) is 0.618. The quantitative estimate of drug-likeness (QED) is 0.142. The fourth-order valence-corrected chi connectivity index (χ4v) is 6.82. The number of hydrogen-bond donors (Lipinski definition) is 3. The molecule has 0 bridgehead atoms. The number of nitrogens with zero attached hydrogens (tertiary/aromatic N) is 4. The zero-order valence-electron chi connectivity index (χ0n) is 28.0. The maximum atomic E-state index is 13.9. The summed E-state index contributed by atoms with van der Waals surface area (Å²) < 4.78 is 36.4. The summed E-state index contributed by atoms with van der Waals surface area (Å²) in [6.45, 7) is 6.73. The molecule has 2 saturated heterocycles. The first-order valence-corrected chi connectivity index (χ1v) is 17.6. The number of alkyl halides is 2. The number of aromatic nitrogens is 1. The lowest BCUT2D eigenvalue weighted by Gasteiger charge is -2.35. The molecule has 1 aromatic heterocycles. The van der Waals surface area contributed by atoms with Gasteiger partial charge in [-0.1, -0.05) is 20.3 Å². The Kier molecular flexibility index (Phi) is 11.2. The normalized spacial score (nSPS) is 19.6. The SMILES string of the molecule is CCC(C)C(N)C(=O)OCCNSc1ccc(C(=O)Nc2ccc(N(C)C)c(N3CCC(F)(F)CC3)n2)c(N2CCC3(CC2)CC3)c1. The molecular formula is C34H49F2N7O3S. The Morgan fingerprint density at radius 2 is 1.72 bits per heavy atom. The van der Waals surface area contributed by atoms with E-state index in [9.17, 15) is 18.4 Å². The molecule has 3 aliphatic rings. The minimum Gasteiger partial charge on any atom is -0.463 e. The molecule has 1 aromatic carbocycles. The number of nitrogens with two attached hydrogens (primary N) is 1. The van der Waals surface area contributed by atoms with E-state index in [1.54, 1.807) is 6.07 Å². The standard InChI is InChI=1S/C34H49F2N7O3S/c1-5-23(2)29(37)32(45)46-21-16-38-47-24-6-7-25(27(22-24)42-17-12-33(10-11-33)13-18-42)31(44)40-28-9-8-26(41(3)4)30(39-28)43-19-14-34(35,36)15-20-43/h6-9,22-23,29,38H,5,10-21,37H2,1-4H3,(H,39,40,44). The molecule has 47 heavy (non-hydrogen) atoms. The van der Waals surface area contributed by atoms with Crippen molar-refractivity contribution in [3.05, 3.63) is 35.9 Å². The lowest BCUT2D eigenvalue weighted by molar-refractivity contribution is -0.146. The Morgan fingerprint density at radius 1 is 1.04 bits per heavy atom. The third-order valence-electron chi connectivity index (χ3n) is 9.88. The number of hydrogen-bond acceptors (Lipinski definition) is 10. The molecule has 3 fully saturated rings. The van der Waals surface area contributed by atoms with Crippen LogP contribution in [0.3, 0.4) is 0 Å². The Hall–Kier alpha value is -3.16. The van der Waals surface area contributed by atoms with E-state index in [2.05, 4.69) is 14.9 Å². The highest BCUT2D eigenvalue weighted by atomic mass is 32.2. The van der Waals surface area contributed by atoms with Crippen LogP contribution in [0.2, 0.25) is 0 Å². The predicted octanol–water partition coefficient (Wildman–Crippen LogP) is 5.53. The predicted molar refractivity (Wildman–Crippen MR) is 185 cm³/mol. The second-order valence-corrected chi connectivity index (χ2v) is 14.4. The number of ether oxygens (including phenoxy) is 1. The number of pyridine rings is 1. The van der Waals surface area contributed by atoms with Crippen molar-refractivity contribution in [1.82, 2.24) is 9.71 Å². The lowest BCUT2D eigenvalue weighted by atomic mass is 9.93. The van der Waals surface area contributed by atoms with Gasteiger partial charge in [0.2, 0.25) is 0 Å². The van der Waals surface area contributed by atoms with E-state index in [0.29, 0.717) is 29.2 Å². The van der Waals surface area contributed by atoms with Crippen molar-refractivity contribution in [2.75, 3.05) is 73.4 Å². The molecule has 2 unspecified atom stereocenters. The van der Waals surface area contributed by atoms with Crippen LogP contribution in [-0.4, -0.2) is 82.3 Å². The Morgan fingerprint density at radius 3 is 2.36 bits per heavy atom. The van der Waals surface area contributed by atoms with Crippen molar-refractivity contribution in [2.24, 2.45) is 17.1 Å². The molecule has 2 atom stereocenters. The zero-order valence-corrected chi connectivity index (χ0v) is 28.8. The first-order valence-electron chi connectivity index (χ1n) is 16.7. The number of nitrogens with one attached hydrogen (secondary N) is 2. The molecule has 1 saturated carbocycles. The Balaban J connectivity index is 1.28. The van der Waals surface area contributed by atoms with Crippen LogP contribution in [0.1, 0.15) is 69.2 Å². The summed E-state index contributed by atoms with van der Waals surface area (Å²) in [5.74, 6) is -2.32. The van der Waals surface area contributed by atoms with Gasteiger partial charge < -0.3 is 30.5 Å². The van der Waals surface area contributed by atoms with Gasteiger partial charge in [0, 0.05) is 64.6 Å². The fourth-order valence-electron chi connectivity index (χ4n) is 6.16. The highest BCUT2D eigenvalue weighted by Crippen LogP contribution is 2.54. The van der Waals surface area contributed by atoms with E-state index in [1.807, 2.05) is 62.0 Å². The van der Waals surface area contributed by atoms with Gasteiger partial charge in [0.25, 0.3) is 11.8 Å². The molecule has 5 rings (SSSR count). The number of halogens is 2. The van der Waals surface area contributed by atoms with Crippen LogP contribution < -0.4 is 30.5 Å². The summed E-state index contributed by atoms with van der Waals surface area (Å²) in [6, 6.07) is 8.76. The van der Waals surface area contributed by atoms with Gasteiger partial charge in [0.05, 0.1) is 16.9 Å². The minimum absolute atomic E-state index is 0.0596. The second-order valence-electron chi connectivity index (χ2n) is 13.5. The summed E-state index contributed by atoms with van der Waals surface area (Å²) in [7, 11) is 3.77. The van der Waals surface area contributed by atoms with Gasteiger partial charge in [-0.15, -0.1) is 0 Å². The average Bonchev–Trinajstić information content (AvgIpc) is 3.82. The van der Waals surface area contributed by atoms with Gasteiger partial charge in [0.15, 0.2) is 5.82 Å². The summed E-state index contributed by atoms with van der Waals surface area (Å²) in [5, 5.41) is 2.99. The summed E-state index contributed by atoms with van der Waals surface area (Å²) >= 11 is 1.42. The smallest absolute Gasteiger partial charge is 0.323 e. The zero-order chi connectivity index (χ0) is 33.8. The van der Waals surface area contributed by atoms with E-state index in [4.69, 9.17) is 15.5 Å². The number of esters is 1. The third kappa shape index (κ3) is 8.85. The number of carbonyl (C=O) groups is 2. The van der Waals surface area contributed by atoms with Gasteiger partial charge >= 0.3 is 5.97 Å². The van der Waals surface area contributed by atoms with E-state index >= 15 is 0 Å². The van der Waals surface area contributed by atoms with Crippen molar-refractivity contribution in [1.29, 1.82) is 0 Å². The largest absolute Gasteiger partial charge is 0.463 e. The van der Waals surface area contributed by atoms with Gasteiger partial charge in [0.1, 0.15) is 18.5 Å². The lowest BCUT2D eigenvalue weighted by Crippen LogP contribution is -2.40. The summed E-state index contributed by atoms with van der Waals surface area (Å²) in [5.41, 5.74) is 8.66. The van der Waals surface area contributed by atoms with Crippen LogP contribution in [0.15, 0.2) is 35.2 Å². The van der Waals surface area contributed by atoms with Crippen LogP contribution in [0.4, 0.5) is 31.8 Å². The Bertz CT molecular complexity index is 1400. The van der Waals surface area contributed by atoms with Crippen molar-refractivity contribution in [2.45, 2.75) is 75.7 Å². The highest BCUT2D eigenvalue weighted by Gasteiger charge is 2.44. The monoisotopic (exact) mass is 673 g/mol. The minimum atomic E-state index is -2.67. The molecule has 4 N–H and O–H groups in total. The van der Waals surface area contributed by atoms with Gasteiger partial charge in [-0.25, -0.2) is 13.8 Å². The highest BCUT2D eigenvalue weighted by molar-refractivity contribution is 7.97. The van der Waals surface area contributed by atoms with E-state index < -0.39 is 17.9 Å². The molecular weight excluding hydrogens is 624 g/mol. The van der Waals surface area contributed by atoms with Gasteiger partial charge in [-0.2, -0.15) is 0 Å². The first-order chi connectivity index (χ1) is 22.4. The van der Waals surface area contributed by atoms with Crippen LogP contribution in [0.5, 0.6) is 0 Å². The molecule has 10 nitrogen and oxygen atoms in total. The van der Waals surface area contributed by atoms with Crippen molar-refractivity contribution >= 4 is 46.8 Å². The maximum absolute atomic E-state index is 13.9. The van der Waals surface area contributed by atoms with Gasteiger partial charge in [-0.3, -0.25) is 14.3 Å². The molecule has 2 aromatic rings. The number of rotatable bonds is 13. The Labute approximate surface area is 281 Å². The average molecular weight is 674 g/mol. The molecule has 2 aliphatic heterocycles. The molecule has 1 amide bonds. The molecule has 3 heterocycles. The summed E-state index contributed by atoms with van der Waals surface area (Å²) in [4.78, 5) is 37.8. The summed E-state index contributed by atoms with van der Waals surface area (Å²) in [6.07, 6.45) is 5.14. The molecule has 0 radical (unpaired) electrons. The molecule has 13 heteroatoms. The third-order valence-corrected chi connectivity index (χ3v) is 10.7.